The van der Waals surface area contributed by atoms with E-state index in [2.05, 4.69) is 15.6 Å². The molecule has 0 aromatic heterocycles. The highest BCUT2D eigenvalue weighted by Crippen LogP contribution is 2.10. The molecule has 0 saturated heterocycles. The second-order valence-electron chi connectivity index (χ2n) is 3.88. The highest BCUT2D eigenvalue weighted by atomic mass is 16.4. The van der Waals surface area contributed by atoms with Gasteiger partial charge in [0.25, 0.3) is 5.91 Å². The van der Waals surface area contributed by atoms with Gasteiger partial charge in [0.2, 0.25) is 0 Å². The Morgan fingerprint density at radius 1 is 1.33 bits per heavy atom. The number of carbonyl (C=O) groups is 2. The Morgan fingerprint density at radius 2 is 2.06 bits per heavy atom. The molecule has 18 heavy (non-hydrogen) atoms. The molecule has 0 saturated carbocycles. The standard InChI is InChI=1S/C12H13N3O3/c16-10(17)7-8-1-3-9(4-2-8)15-12(18)11-13-5-6-14-11/h1-4H,5-7H2,(H,13,14)(H,15,18)(H,16,17). The van der Waals surface area contributed by atoms with E-state index in [9.17, 15) is 9.59 Å². The molecule has 94 valence electrons. The minimum absolute atomic E-state index is 0.0253. The number of carboxylic acids is 1. The fourth-order valence-corrected chi connectivity index (χ4v) is 1.62. The molecule has 0 aliphatic carbocycles. The van der Waals surface area contributed by atoms with Crippen molar-refractivity contribution in [3.8, 4) is 0 Å². The third kappa shape index (κ3) is 3.07. The number of amides is 1. The van der Waals surface area contributed by atoms with Crippen molar-refractivity contribution < 1.29 is 14.7 Å². The zero-order valence-electron chi connectivity index (χ0n) is 9.64. The lowest BCUT2D eigenvalue weighted by Crippen LogP contribution is -2.32. The van der Waals surface area contributed by atoms with Gasteiger partial charge in [0.1, 0.15) is 0 Å². The highest BCUT2D eigenvalue weighted by molar-refractivity contribution is 6.42. The maximum Gasteiger partial charge on any atom is 0.307 e. The molecular weight excluding hydrogens is 234 g/mol. The van der Waals surface area contributed by atoms with Crippen LogP contribution in [-0.4, -0.2) is 35.9 Å². The van der Waals surface area contributed by atoms with Gasteiger partial charge < -0.3 is 15.7 Å². The second kappa shape index (κ2) is 5.31. The first-order valence-corrected chi connectivity index (χ1v) is 5.55. The number of carboxylic acid groups (broad SMARTS) is 1. The summed E-state index contributed by atoms with van der Waals surface area (Å²) in [7, 11) is 0. The Balaban J connectivity index is 1.97. The minimum Gasteiger partial charge on any atom is -0.481 e. The summed E-state index contributed by atoms with van der Waals surface area (Å²) in [6.07, 6.45) is -0.0253. The van der Waals surface area contributed by atoms with E-state index in [4.69, 9.17) is 5.11 Å². The van der Waals surface area contributed by atoms with Gasteiger partial charge in [-0.05, 0) is 17.7 Å². The summed E-state index contributed by atoms with van der Waals surface area (Å²) < 4.78 is 0. The number of anilines is 1. The van der Waals surface area contributed by atoms with Crippen molar-refractivity contribution in [2.24, 2.45) is 4.99 Å². The van der Waals surface area contributed by atoms with Gasteiger partial charge in [-0.15, -0.1) is 0 Å². The van der Waals surface area contributed by atoms with Crippen LogP contribution in [0.25, 0.3) is 0 Å². The molecule has 1 aromatic rings. The number of nitrogens with zero attached hydrogens (tertiary/aromatic N) is 1. The van der Waals surface area contributed by atoms with E-state index >= 15 is 0 Å². The lowest BCUT2D eigenvalue weighted by Gasteiger charge is -2.06. The average molecular weight is 247 g/mol. The van der Waals surface area contributed by atoms with Crippen molar-refractivity contribution >= 4 is 23.4 Å². The van der Waals surface area contributed by atoms with Crippen molar-refractivity contribution in [1.82, 2.24) is 5.32 Å². The monoisotopic (exact) mass is 247 g/mol. The van der Waals surface area contributed by atoms with Crippen LogP contribution >= 0.6 is 0 Å². The Morgan fingerprint density at radius 3 is 2.61 bits per heavy atom. The van der Waals surface area contributed by atoms with Gasteiger partial charge >= 0.3 is 5.97 Å². The average Bonchev–Trinajstić information content (AvgIpc) is 2.84. The van der Waals surface area contributed by atoms with Crippen LogP contribution in [0.5, 0.6) is 0 Å². The van der Waals surface area contributed by atoms with Gasteiger partial charge in [-0.3, -0.25) is 14.6 Å². The molecule has 0 atom stereocenters. The van der Waals surface area contributed by atoms with Gasteiger partial charge in [0.05, 0.1) is 13.0 Å². The van der Waals surface area contributed by atoms with Gasteiger partial charge in [0, 0.05) is 12.2 Å². The Bertz CT molecular complexity index is 494. The summed E-state index contributed by atoms with van der Waals surface area (Å²) in [6, 6.07) is 6.69. The van der Waals surface area contributed by atoms with Crippen LogP contribution in [-0.2, 0) is 16.0 Å². The number of nitrogens with one attached hydrogen (secondary N) is 2. The van der Waals surface area contributed by atoms with Crippen molar-refractivity contribution in [1.29, 1.82) is 0 Å². The fraction of sp³-hybridized carbons (Fsp3) is 0.250. The summed E-state index contributed by atoms with van der Waals surface area (Å²) in [5.74, 6) is -0.820. The molecule has 6 heteroatoms. The Hall–Kier alpha value is -2.37. The molecule has 6 nitrogen and oxygen atoms in total. The van der Waals surface area contributed by atoms with Crippen LogP contribution in [0.2, 0.25) is 0 Å². The zero-order valence-corrected chi connectivity index (χ0v) is 9.64. The zero-order chi connectivity index (χ0) is 13.0. The van der Waals surface area contributed by atoms with Crippen LogP contribution in [0.1, 0.15) is 5.56 Å². The highest BCUT2D eigenvalue weighted by Gasteiger charge is 2.14. The number of hydrogen-bond acceptors (Lipinski definition) is 4. The third-order valence-corrected chi connectivity index (χ3v) is 2.46. The fourth-order valence-electron chi connectivity index (χ4n) is 1.62. The molecule has 3 N–H and O–H groups in total. The number of rotatable bonds is 4. The van der Waals surface area contributed by atoms with Crippen molar-refractivity contribution in [2.75, 3.05) is 18.4 Å². The van der Waals surface area contributed by atoms with E-state index in [1.54, 1.807) is 24.3 Å². The third-order valence-electron chi connectivity index (χ3n) is 2.46. The number of carbonyl (C=O) groups excluding carboxylic acids is 1. The van der Waals surface area contributed by atoms with E-state index in [1.165, 1.54) is 0 Å². The largest absolute Gasteiger partial charge is 0.481 e. The van der Waals surface area contributed by atoms with Crippen LogP contribution in [0.4, 0.5) is 5.69 Å². The van der Waals surface area contributed by atoms with Crippen LogP contribution in [0, 0.1) is 0 Å². The molecule has 0 fully saturated rings. The first-order valence-electron chi connectivity index (χ1n) is 5.55. The SMILES string of the molecule is O=C(O)Cc1ccc(NC(=O)C2=NCCN2)cc1. The van der Waals surface area contributed by atoms with E-state index in [0.717, 1.165) is 0 Å². The molecular formula is C12H13N3O3. The maximum atomic E-state index is 11.7. The number of amidine groups is 1. The lowest BCUT2D eigenvalue weighted by atomic mass is 10.1. The summed E-state index contributed by atoms with van der Waals surface area (Å²) >= 11 is 0. The molecule has 1 heterocycles. The molecule has 1 aliphatic rings. The molecule has 1 amide bonds. The number of benzene rings is 1. The quantitative estimate of drug-likeness (QED) is 0.711. The van der Waals surface area contributed by atoms with Crippen molar-refractivity contribution in [3.63, 3.8) is 0 Å². The predicted molar refractivity (Wildman–Crippen MR) is 66.7 cm³/mol. The summed E-state index contributed by atoms with van der Waals surface area (Å²) in [5.41, 5.74) is 1.31. The van der Waals surface area contributed by atoms with Crippen molar-refractivity contribution in [2.45, 2.75) is 6.42 Å². The Labute approximate surface area is 104 Å². The smallest absolute Gasteiger partial charge is 0.307 e. The molecule has 1 aromatic carbocycles. The normalized spacial score (nSPS) is 13.7. The van der Waals surface area contributed by atoms with Crippen LogP contribution in [0.3, 0.4) is 0 Å². The summed E-state index contributed by atoms with van der Waals surface area (Å²) in [4.78, 5) is 26.2. The van der Waals surface area contributed by atoms with E-state index in [1.807, 2.05) is 0 Å². The number of hydrogen-bond donors (Lipinski definition) is 3. The predicted octanol–water partition coefficient (Wildman–Crippen LogP) is 0.254. The maximum absolute atomic E-state index is 11.7. The second-order valence-corrected chi connectivity index (χ2v) is 3.88. The summed E-state index contributed by atoms with van der Waals surface area (Å²) in [6.45, 7) is 1.29. The van der Waals surface area contributed by atoms with E-state index in [-0.39, 0.29) is 12.3 Å². The minimum atomic E-state index is -0.878. The van der Waals surface area contributed by atoms with Gasteiger partial charge in [0.15, 0.2) is 5.84 Å². The van der Waals surface area contributed by atoms with Gasteiger partial charge in [-0.2, -0.15) is 0 Å². The van der Waals surface area contributed by atoms with Gasteiger partial charge in [-0.1, -0.05) is 12.1 Å². The van der Waals surface area contributed by atoms with Crippen LogP contribution < -0.4 is 10.6 Å². The van der Waals surface area contributed by atoms with Crippen LogP contribution in [0.15, 0.2) is 29.3 Å². The Kier molecular flexibility index (Phi) is 3.57. The van der Waals surface area contributed by atoms with Crippen molar-refractivity contribution in [3.05, 3.63) is 29.8 Å². The van der Waals surface area contributed by atoms with E-state index < -0.39 is 5.97 Å². The molecule has 0 spiro atoms. The summed E-state index contributed by atoms with van der Waals surface area (Å²) in [5, 5.41) is 14.2. The van der Waals surface area contributed by atoms with E-state index in [0.29, 0.717) is 30.2 Å². The topological polar surface area (TPSA) is 90.8 Å². The van der Waals surface area contributed by atoms with Gasteiger partial charge in [-0.25, -0.2) is 0 Å². The first kappa shape index (κ1) is 12.1. The molecule has 0 bridgehead atoms. The number of aliphatic carboxylic acids is 1. The number of aliphatic imine (C=N–C) groups is 1. The molecule has 2 rings (SSSR count). The first-order chi connectivity index (χ1) is 8.65. The lowest BCUT2D eigenvalue weighted by molar-refractivity contribution is -0.136. The molecule has 0 unspecified atom stereocenters. The molecule has 0 radical (unpaired) electrons. The molecule has 1 aliphatic heterocycles.